The van der Waals surface area contributed by atoms with E-state index in [-0.39, 0.29) is 5.75 Å². The third-order valence-electron chi connectivity index (χ3n) is 3.13. The summed E-state index contributed by atoms with van der Waals surface area (Å²) in [4.78, 5) is 0. The Bertz CT molecular complexity index is 563. The van der Waals surface area contributed by atoms with Gasteiger partial charge in [-0.1, -0.05) is 0 Å². The molecule has 2 N–H and O–H groups in total. The molecule has 0 fully saturated rings. The summed E-state index contributed by atoms with van der Waals surface area (Å²) in [5.41, 5.74) is 2.01. The summed E-state index contributed by atoms with van der Waals surface area (Å²) in [6.45, 7) is 2.55. The van der Waals surface area contributed by atoms with E-state index in [1.54, 1.807) is 16.8 Å². The van der Waals surface area contributed by atoms with Crippen LogP contribution in [0.5, 0.6) is 17.2 Å². The summed E-state index contributed by atoms with van der Waals surface area (Å²) in [6, 6.07) is 5.50. The number of methoxy groups -OCH3 is 2. The number of benzene rings is 1. The maximum atomic E-state index is 9.85. The van der Waals surface area contributed by atoms with E-state index in [0.717, 1.165) is 17.1 Å². The third kappa shape index (κ3) is 2.79. The first-order valence-electron chi connectivity index (χ1n) is 6.23. The van der Waals surface area contributed by atoms with Gasteiger partial charge in [-0.2, -0.15) is 5.10 Å². The van der Waals surface area contributed by atoms with Crippen molar-refractivity contribution in [3.63, 3.8) is 0 Å². The van der Waals surface area contributed by atoms with Gasteiger partial charge in [-0.05, 0) is 24.6 Å². The molecular formula is C14H19N3O3. The largest absolute Gasteiger partial charge is 0.502 e. The van der Waals surface area contributed by atoms with Crippen molar-refractivity contribution >= 4 is 5.82 Å². The van der Waals surface area contributed by atoms with Crippen LogP contribution in [0.4, 0.5) is 5.82 Å². The van der Waals surface area contributed by atoms with Crippen molar-refractivity contribution in [3.8, 4) is 17.2 Å². The standard InChI is InChI=1S/C14H19N3O3/c1-9-5-13(16-17(9)2)15-8-10-6-11(19-3)14(18)12(7-10)20-4/h5-7,18H,8H2,1-4H3,(H,15,16). The Morgan fingerprint density at radius 2 is 1.80 bits per heavy atom. The van der Waals surface area contributed by atoms with Crippen LogP contribution >= 0.6 is 0 Å². The average molecular weight is 277 g/mol. The first kappa shape index (κ1) is 14.0. The van der Waals surface area contributed by atoms with Gasteiger partial charge in [0.05, 0.1) is 14.2 Å². The third-order valence-corrected chi connectivity index (χ3v) is 3.13. The van der Waals surface area contributed by atoms with Gasteiger partial charge >= 0.3 is 0 Å². The normalized spacial score (nSPS) is 10.4. The minimum atomic E-state index is 0.00688. The van der Waals surface area contributed by atoms with E-state index in [1.807, 2.05) is 20.0 Å². The molecule has 20 heavy (non-hydrogen) atoms. The molecule has 1 heterocycles. The molecule has 0 spiro atoms. The Labute approximate surface area is 117 Å². The van der Waals surface area contributed by atoms with Gasteiger partial charge in [-0.25, -0.2) is 0 Å². The van der Waals surface area contributed by atoms with Crippen LogP contribution in [0.2, 0.25) is 0 Å². The number of hydrogen-bond acceptors (Lipinski definition) is 5. The van der Waals surface area contributed by atoms with Crippen LogP contribution in [0.3, 0.4) is 0 Å². The number of nitrogens with one attached hydrogen (secondary N) is 1. The van der Waals surface area contributed by atoms with Gasteiger partial charge in [-0.15, -0.1) is 0 Å². The van der Waals surface area contributed by atoms with Crippen LogP contribution in [-0.2, 0) is 13.6 Å². The molecular weight excluding hydrogens is 258 g/mol. The summed E-state index contributed by atoms with van der Waals surface area (Å²) < 4.78 is 12.1. The van der Waals surface area contributed by atoms with Crippen LogP contribution in [0.1, 0.15) is 11.3 Å². The molecule has 0 amide bonds. The second-order valence-electron chi connectivity index (χ2n) is 4.50. The van der Waals surface area contributed by atoms with Crippen LogP contribution in [0, 0.1) is 6.92 Å². The van der Waals surface area contributed by atoms with E-state index >= 15 is 0 Å². The molecule has 1 aromatic heterocycles. The molecule has 0 aliphatic heterocycles. The lowest BCUT2D eigenvalue weighted by atomic mass is 10.2. The minimum Gasteiger partial charge on any atom is -0.502 e. The summed E-state index contributed by atoms with van der Waals surface area (Å²) in [6.07, 6.45) is 0. The van der Waals surface area contributed by atoms with E-state index in [1.165, 1.54) is 14.2 Å². The maximum absolute atomic E-state index is 9.85. The lowest BCUT2D eigenvalue weighted by molar-refractivity contribution is 0.339. The average Bonchev–Trinajstić information content (AvgIpc) is 2.76. The smallest absolute Gasteiger partial charge is 0.200 e. The molecule has 2 rings (SSSR count). The summed E-state index contributed by atoms with van der Waals surface area (Å²) in [5.74, 6) is 1.58. The molecule has 6 nitrogen and oxygen atoms in total. The van der Waals surface area contributed by atoms with Crippen LogP contribution in [0.15, 0.2) is 18.2 Å². The zero-order valence-electron chi connectivity index (χ0n) is 12.1. The van der Waals surface area contributed by atoms with Crippen LogP contribution in [-0.4, -0.2) is 29.1 Å². The molecule has 0 radical (unpaired) electrons. The van der Waals surface area contributed by atoms with Gasteiger partial charge in [0.25, 0.3) is 0 Å². The molecule has 0 saturated carbocycles. The predicted octanol–water partition coefficient (Wildman–Crippen LogP) is 2.06. The van der Waals surface area contributed by atoms with Gasteiger partial charge in [0, 0.05) is 25.4 Å². The number of anilines is 1. The van der Waals surface area contributed by atoms with Gasteiger partial charge in [0.2, 0.25) is 5.75 Å². The Kier molecular flexibility index (Phi) is 4.02. The topological polar surface area (TPSA) is 68.5 Å². The molecule has 2 aromatic rings. The van der Waals surface area contributed by atoms with Crippen molar-refractivity contribution in [2.45, 2.75) is 13.5 Å². The van der Waals surface area contributed by atoms with Crippen molar-refractivity contribution in [2.75, 3.05) is 19.5 Å². The van der Waals surface area contributed by atoms with E-state index in [2.05, 4.69) is 10.4 Å². The Balaban J connectivity index is 2.16. The maximum Gasteiger partial charge on any atom is 0.200 e. The highest BCUT2D eigenvalue weighted by molar-refractivity contribution is 5.53. The number of aromatic hydroxyl groups is 1. The predicted molar refractivity (Wildman–Crippen MR) is 76.5 cm³/mol. The van der Waals surface area contributed by atoms with Gasteiger partial charge < -0.3 is 19.9 Å². The fourth-order valence-electron chi connectivity index (χ4n) is 1.89. The quantitative estimate of drug-likeness (QED) is 0.875. The van der Waals surface area contributed by atoms with E-state index in [9.17, 15) is 5.11 Å². The summed E-state index contributed by atoms with van der Waals surface area (Å²) >= 11 is 0. The lowest BCUT2D eigenvalue weighted by Gasteiger charge is -2.11. The first-order chi connectivity index (χ1) is 9.55. The van der Waals surface area contributed by atoms with Gasteiger partial charge in [0.1, 0.15) is 5.82 Å². The number of hydrogen-bond donors (Lipinski definition) is 2. The van der Waals surface area contributed by atoms with Gasteiger partial charge in [-0.3, -0.25) is 4.68 Å². The van der Waals surface area contributed by atoms with Crippen LogP contribution < -0.4 is 14.8 Å². The molecule has 0 saturated heterocycles. The van der Waals surface area contributed by atoms with E-state index in [0.29, 0.717) is 18.0 Å². The van der Waals surface area contributed by atoms with E-state index < -0.39 is 0 Å². The fraction of sp³-hybridized carbons (Fsp3) is 0.357. The summed E-state index contributed by atoms with van der Waals surface area (Å²) in [7, 11) is 4.91. The van der Waals surface area contributed by atoms with Crippen LogP contribution in [0.25, 0.3) is 0 Å². The zero-order valence-corrected chi connectivity index (χ0v) is 12.1. The zero-order chi connectivity index (χ0) is 14.7. The Morgan fingerprint density at radius 3 is 2.25 bits per heavy atom. The number of rotatable bonds is 5. The highest BCUT2D eigenvalue weighted by Gasteiger charge is 2.11. The van der Waals surface area contributed by atoms with Gasteiger partial charge in [0.15, 0.2) is 11.5 Å². The number of phenolic OH excluding ortho intramolecular Hbond substituents is 1. The molecule has 6 heteroatoms. The number of phenols is 1. The van der Waals surface area contributed by atoms with Crippen molar-refractivity contribution in [2.24, 2.45) is 7.05 Å². The van der Waals surface area contributed by atoms with E-state index in [4.69, 9.17) is 9.47 Å². The molecule has 0 atom stereocenters. The number of ether oxygens (including phenoxy) is 2. The minimum absolute atomic E-state index is 0.00688. The monoisotopic (exact) mass is 277 g/mol. The fourth-order valence-corrected chi connectivity index (χ4v) is 1.89. The molecule has 0 aliphatic rings. The molecule has 0 bridgehead atoms. The number of aryl methyl sites for hydroxylation is 2. The molecule has 1 aromatic carbocycles. The molecule has 0 unspecified atom stereocenters. The van der Waals surface area contributed by atoms with Crippen molar-refractivity contribution in [3.05, 3.63) is 29.5 Å². The number of nitrogens with zero attached hydrogens (tertiary/aromatic N) is 2. The van der Waals surface area contributed by atoms with Crippen molar-refractivity contribution in [1.29, 1.82) is 0 Å². The molecule has 108 valence electrons. The number of aromatic nitrogens is 2. The highest BCUT2D eigenvalue weighted by atomic mass is 16.5. The van der Waals surface area contributed by atoms with Crippen molar-refractivity contribution < 1.29 is 14.6 Å². The first-order valence-corrected chi connectivity index (χ1v) is 6.23. The highest BCUT2D eigenvalue weighted by Crippen LogP contribution is 2.37. The Hall–Kier alpha value is -2.37. The van der Waals surface area contributed by atoms with Crippen molar-refractivity contribution in [1.82, 2.24) is 9.78 Å². The second kappa shape index (κ2) is 5.73. The summed E-state index contributed by atoms with van der Waals surface area (Å²) in [5, 5.41) is 17.4. The second-order valence-corrected chi connectivity index (χ2v) is 4.50. The molecule has 0 aliphatic carbocycles. The SMILES string of the molecule is COc1cc(CNc2cc(C)n(C)n2)cc(OC)c1O. The Morgan fingerprint density at radius 1 is 1.20 bits per heavy atom. The lowest BCUT2D eigenvalue weighted by Crippen LogP contribution is -2.02.